The van der Waals surface area contributed by atoms with Crippen molar-refractivity contribution in [1.82, 2.24) is 0 Å². The number of hydrogen-bond donors (Lipinski definition) is 1. The van der Waals surface area contributed by atoms with Crippen LogP contribution in [-0.4, -0.2) is 6.04 Å². The first-order chi connectivity index (χ1) is 9.88. The third-order valence-corrected chi connectivity index (χ3v) is 4.29. The molecule has 0 aliphatic carbocycles. The molecule has 0 heterocycles. The van der Waals surface area contributed by atoms with Gasteiger partial charge >= 0.3 is 0 Å². The van der Waals surface area contributed by atoms with Crippen molar-refractivity contribution in [3.8, 4) is 11.5 Å². The van der Waals surface area contributed by atoms with Gasteiger partial charge in [0, 0.05) is 22.1 Å². The van der Waals surface area contributed by atoms with E-state index in [1.807, 2.05) is 0 Å². The number of halogens is 4. The van der Waals surface area contributed by atoms with E-state index in [-0.39, 0.29) is 11.9 Å². The zero-order valence-electron chi connectivity index (χ0n) is 11.2. The molecule has 0 fully saturated rings. The predicted molar refractivity (Wildman–Crippen MR) is 88.0 cm³/mol. The number of hydrogen-bond acceptors (Lipinski definition) is 2. The Morgan fingerprint density at radius 2 is 1.95 bits per heavy atom. The molecule has 112 valence electrons. The maximum Gasteiger partial charge on any atom is 0.147 e. The minimum absolute atomic E-state index is 0.187. The van der Waals surface area contributed by atoms with Gasteiger partial charge in [-0.1, -0.05) is 29.3 Å². The van der Waals surface area contributed by atoms with Crippen LogP contribution in [0.5, 0.6) is 11.5 Å². The van der Waals surface area contributed by atoms with E-state index in [2.05, 4.69) is 15.9 Å². The molecule has 0 saturated heterocycles. The van der Waals surface area contributed by atoms with E-state index in [9.17, 15) is 4.39 Å². The molecule has 0 radical (unpaired) electrons. The van der Waals surface area contributed by atoms with Crippen LogP contribution < -0.4 is 10.5 Å². The SMILES string of the molecule is CC(N)Cc1c(F)cccc1Oc1cc(Cl)c(Br)cc1Cl. The molecule has 21 heavy (non-hydrogen) atoms. The van der Waals surface area contributed by atoms with Crippen molar-refractivity contribution in [1.29, 1.82) is 0 Å². The number of nitrogens with two attached hydrogens (primary N) is 1. The Bertz CT molecular complexity index is 664. The molecule has 0 saturated carbocycles. The fourth-order valence-corrected chi connectivity index (χ4v) is 2.69. The summed E-state index contributed by atoms with van der Waals surface area (Å²) in [6.45, 7) is 1.81. The standard InChI is InChI=1S/C15H13BrCl2FNO/c1-8(20)5-9-13(19)3-2-4-14(9)21-15-7-11(17)10(16)6-12(15)18/h2-4,6-8H,5,20H2,1H3. The zero-order valence-corrected chi connectivity index (χ0v) is 14.3. The number of ether oxygens (including phenoxy) is 1. The summed E-state index contributed by atoms with van der Waals surface area (Å²) in [6.07, 6.45) is 0.365. The van der Waals surface area contributed by atoms with Gasteiger partial charge in [0.15, 0.2) is 0 Å². The van der Waals surface area contributed by atoms with Gasteiger partial charge in [0.1, 0.15) is 17.3 Å². The second kappa shape index (κ2) is 6.97. The van der Waals surface area contributed by atoms with Gasteiger partial charge in [-0.05, 0) is 47.5 Å². The lowest BCUT2D eigenvalue weighted by Gasteiger charge is -2.15. The van der Waals surface area contributed by atoms with Crippen LogP contribution in [0.15, 0.2) is 34.8 Å². The quantitative estimate of drug-likeness (QED) is 0.689. The molecule has 2 aromatic rings. The van der Waals surface area contributed by atoms with Crippen LogP contribution in [0.1, 0.15) is 12.5 Å². The van der Waals surface area contributed by atoms with Gasteiger partial charge in [0.25, 0.3) is 0 Å². The highest BCUT2D eigenvalue weighted by Crippen LogP contribution is 2.37. The van der Waals surface area contributed by atoms with Crippen LogP contribution in [0.25, 0.3) is 0 Å². The Hall–Kier alpha value is -0.810. The van der Waals surface area contributed by atoms with E-state index in [0.717, 1.165) is 0 Å². The highest BCUT2D eigenvalue weighted by atomic mass is 79.9. The van der Waals surface area contributed by atoms with Gasteiger partial charge in [-0.2, -0.15) is 0 Å². The second-order valence-electron chi connectivity index (χ2n) is 4.70. The van der Waals surface area contributed by atoms with Gasteiger partial charge in [-0.15, -0.1) is 0 Å². The molecule has 0 spiro atoms. The van der Waals surface area contributed by atoms with Crippen molar-refractivity contribution in [2.45, 2.75) is 19.4 Å². The van der Waals surface area contributed by atoms with Crippen LogP contribution in [-0.2, 0) is 6.42 Å². The fraction of sp³-hybridized carbons (Fsp3) is 0.200. The summed E-state index contributed by atoms with van der Waals surface area (Å²) < 4.78 is 20.3. The van der Waals surface area contributed by atoms with Gasteiger partial charge in [-0.25, -0.2) is 4.39 Å². The Morgan fingerprint density at radius 3 is 2.62 bits per heavy atom. The number of rotatable bonds is 4. The second-order valence-corrected chi connectivity index (χ2v) is 6.37. The topological polar surface area (TPSA) is 35.2 Å². The normalized spacial score (nSPS) is 12.3. The van der Waals surface area contributed by atoms with E-state index in [0.29, 0.717) is 38.0 Å². The Kier molecular flexibility index (Phi) is 5.49. The molecule has 6 heteroatoms. The largest absolute Gasteiger partial charge is 0.455 e. The average molecular weight is 393 g/mol. The highest BCUT2D eigenvalue weighted by Gasteiger charge is 2.14. The van der Waals surface area contributed by atoms with Gasteiger partial charge in [0.2, 0.25) is 0 Å². The van der Waals surface area contributed by atoms with Crippen molar-refractivity contribution >= 4 is 39.1 Å². The van der Waals surface area contributed by atoms with Crippen molar-refractivity contribution in [2.75, 3.05) is 0 Å². The van der Waals surface area contributed by atoms with Crippen molar-refractivity contribution in [3.05, 3.63) is 56.2 Å². The Labute approximate surface area is 141 Å². The van der Waals surface area contributed by atoms with Crippen molar-refractivity contribution < 1.29 is 9.13 Å². The molecule has 0 aromatic heterocycles. The van der Waals surface area contributed by atoms with Crippen LogP contribution in [0.2, 0.25) is 10.0 Å². The lowest BCUT2D eigenvalue weighted by molar-refractivity contribution is 0.464. The van der Waals surface area contributed by atoms with Crippen LogP contribution in [0.3, 0.4) is 0 Å². The average Bonchev–Trinajstić information content (AvgIpc) is 2.39. The van der Waals surface area contributed by atoms with E-state index >= 15 is 0 Å². The molecule has 0 aliphatic heterocycles. The summed E-state index contributed by atoms with van der Waals surface area (Å²) in [6, 6.07) is 7.64. The maximum absolute atomic E-state index is 14.0. The molecule has 0 bridgehead atoms. The predicted octanol–water partition coefficient (Wildman–Crippen LogP) is 5.58. The highest BCUT2D eigenvalue weighted by molar-refractivity contribution is 9.10. The van der Waals surface area contributed by atoms with Crippen molar-refractivity contribution in [3.63, 3.8) is 0 Å². The van der Waals surface area contributed by atoms with Gasteiger partial charge < -0.3 is 10.5 Å². The lowest BCUT2D eigenvalue weighted by atomic mass is 10.1. The van der Waals surface area contributed by atoms with E-state index < -0.39 is 0 Å². The lowest BCUT2D eigenvalue weighted by Crippen LogP contribution is -2.19. The minimum Gasteiger partial charge on any atom is -0.455 e. The first-order valence-corrected chi connectivity index (χ1v) is 7.78. The Balaban J connectivity index is 2.40. The third kappa shape index (κ3) is 4.10. The smallest absolute Gasteiger partial charge is 0.147 e. The van der Waals surface area contributed by atoms with Crippen LogP contribution in [0, 0.1) is 5.82 Å². The monoisotopic (exact) mass is 391 g/mol. The molecule has 2 N–H and O–H groups in total. The van der Waals surface area contributed by atoms with Gasteiger partial charge in [0.05, 0.1) is 10.0 Å². The summed E-state index contributed by atoms with van der Waals surface area (Å²) in [5, 5.41) is 0.835. The molecule has 1 atom stereocenters. The molecular formula is C15H13BrCl2FNO. The minimum atomic E-state index is -0.357. The summed E-state index contributed by atoms with van der Waals surface area (Å²) in [5.74, 6) is 0.387. The fourth-order valence-electron chi connectivity index (χ4n) is 1.86. The molecule has 1 unspecified atom stereocenters. The first kappa shape index (κ1) is 16.6. The van der Waals surface area contributed by atoms with E-state index in [1.165, 1.54) is 6.07 Å². The first-order valence-electron chi connectivity index (χ1n) is 6.24. The molecule has 2 nitrogen and oxygen atoms in total. The molecule has 2 rings (SSSR count). The zero-order chi connectivity index (χ0) is 15.6. The maximum atomic E-state index is 14.0. The summed E-state index contributed by atoms with van der Waals surface area (Å²) in [4.78, 5) is 0. The van der Waals surface area contributed by atoms with Crippen molar-refractivity contribution in [2.24, 2.45) is 5.73 Å². The summed E-state index contributed by atoms with van der Waals surface area (Å²) in [7, 11) is 0. The summed E-state index contributed by atoms with van der Waals surface area (Å²) in [5.41, 5.74) is 6.17. The van der Waals surface area contributed by atoms with E-state index in [4.69, 9.17) is 33.7 Å². The molecule has 0 amide bonds. The van der Waals surface area contributed by atoms with E-state index in [1.54, 1.807) is 31.2 Å². The van der Waals surface area contributed by atoms with Crippen LogP contribution >= 0.6 is 39.1 Å². The summed E-state index contributed by atoms with van der Waals surface area (Å²) >= 11 is 15.4. The molecule has 2 aromatic carbocycles. The molecular weight excluding hydrogens is 380 g/mol. The van der Waals surface area contributed by atoms with Crippen LogP contribution in [0.4, 0.5) is 4.39 Å². The number of benzene rings is 2. The molecule has 0 aliphatic rings. The Morgan fingerprint density at radius 1 is 1.24 bits per heavy atom. The van der Waals surface area contributed by atoms with Gasteiger partial charge in [-0.3, -0.25) is 0 Å². The third-order valence-electron chi connectivity index (χ3n) is 2.80.